The van der Waals surface area contributed by atoms with Crippen molar-refractivity contribution in [2.24, 2.45) is 11.7 Å². The van der Waals surface area contributed by atoms with E-state index in [4.69, 9.17) is 5.73 Å². The van der Waals surface area contributed by atoms with Crippen LogP contribution in [-0.2, 0) is 4.79 Å². The first-order valence-corrected chi connectivity index (χ1v) is 8.24. The highest BCUT2D eigenvalue weighted by molar-refractivity contribution is 5.89. The van der Waals surface area contributed by atoms with Crippen LogP contribution in [-0.4, -0.2) is 42.0 Å². The highest BCUT2D eigenvalue weighted by Gasteiger charge is 2.28. The van der Waals surface area contributed by atoms with Gasteiger partial charge in [0.1, 0.15) is 5.82 Å². The number of likely N-dealkylation sites (tertiary alicyclic amines) is 1. The summed E-state index contributed by atoms with van der Waals surface area (Å²) in [4.78, 5) is 25.9. The zero-order chi connectivity index (χ0) is 17.7. The predicted octanol–water partition coefficient (Wildman–Crippen LogP) is 1.92. The molecule has 1 atom stereocenters. The lowest BCUT2D eigenvalue weighted by molar-refractivity contribution is -0.134. The fourth-order valence-electron chi connectivity index (χ4n) is 2.63. The van der Waals surface area contributed by atoms with Gasteiger partial charge in [0.05, 0.1) is 6.04 Å². The summed E-state index contributed by atoms with van der Waals surface area (Å²) in [5.41, 5.74) is 6.44. The van der Waals surface area contributed by atoms with Crippen molar-refractivity contribution in [2.75, 3.05) is 18.4 Å². The Morgan fingerprint density at radius 1 is 1.21 bits per heavy atom. The molecule has 24 heavy (non-hydrogen) atoms. The molecule has 1 fully saturated rings. The van der Waals surface area contributed by atoms with Gasteiger partial charge in [0.15, 0.2) is 0 Å². The van der Waals surface area contributed by atoms with Crippen molar-refractivity contribution in [2.45, 2.75) is 38.8 Å². The summed E-state index contributed by atoms with van der Waals surface area (Å²) in [5.74, 6) is -0.272. The molecule has 1 aliphatic heterocycles. The van der Waals surface area contributed by atoms with Crippen LogP contribution in [0.1, 0.15) is 26.7 Å². The molecule has 1 aromatic rings. The van der Waals surface area contributed by atoms with E-state index in [-0.39, 0.29) is 29.7 Å². The Morgan fingerprint density at radius 2 is 1.79 bits per heavy atom. The van der Waals surface area contributed by atoms with Crippen LogP contribution in [0.5, 0.6) is 0 Å². The molecule has 1 saturated heterocycles. The van der Waals surface area contributed by atoms with Crippen molar-refractivity contribution >= 4 is 17.6 Å². The number of hydrogen-bond donors (Lipinski definition) is 3. The monoisotopic (exact) mass is 336 g/mol. The second-order valence-corrected chi connectivity index (χ2v) is 6.47. The van der Waals surface area contributed by atoms with Gasteiger partial charge in [-0.1, -0.05) is 13.8 Å². The number of nitrogens with zero attached hydrogens (tertiary/aromatic N) is 1. The normalized spacial score (nSPS) is 16.8. The third-order valence-corrected chi connectivity index (χ3v) is 4.25. The minimum absolute atomic E-state index is 0.00442. The molecule has 7 heteroatoms. The van der Waals surface area contributed by atoms with E-state index in [2.05, 4.69) is 10.6 Å². The molecule has 132 valence electrons. The molecule has 0 unspecified atom stereocenters. The Bertz CT molecular complexity index is 568. The van der Waals surface area contributed by atoms with Gasteiger partial charge in [-0.3, -0.25) is 4.79 Å². The number of amides is 3. The largest absolute Gasteiger partial charge is 0.341 e. The Morgan fingerprint density at radius 3 is 2.33 bits per heavy atom. The van der Waals surface area contributed by atoms with E-state index in [0.29, 0.717) is 31.6 Å². The van der Waals surface area contributed by atoms with Crippen LogP contribution in [0.2, 0.25) is 0 Å². The van der Waals surface area contributed by atoms with Gasteiger partial charge in [0.2, 0.25) is 5.91 Å². The average Bonchev–Trinajstić information content (AvgIpc) is 2.56. The van der Waals surface area contributed by atoms with E-state index in [1.165, 1.54) is 24.3 Å². The van der Waals surface area contributed by atoms with Crippen LogP contribution in [0, 0.1) is 11.7 Å². The van der Waals surface area contributed by atoms with E-state index in [1.54, 1.807) is 4.90 Å². The topological polar surface area (TPSA) is 87.5 Å². The highest BCUT2D eigenvalue weighted by atomic mass is 19.1. The number of anilines is 1. The number of piperidine rings is 1. The Balaban J connectivity index is 1.77. The number of benzene rings is 1. The van der Waals surface area contributed by atoms with Gasteiger partial charge in [-0.15, -0.1) is 0 Å². The van der Waals surface area contributed by atoms with Crippen molar-refractivity contribution in [3.63, 3.8) is 0 Å². The molecule has 2 rings (SSSR count). The first kappa shape index (κ1) is 18.2. The maximum absolute atomic E-state index is 12.8. The maximum Gasteiger partial charge on any atom is 0.319 e. The van der Waals surface area contributed by atoms with Crippen LogP contribution in [0.25, 0.3) is 0 Å². The lowest BCUT2D eigenvalue weighted by Crippen LogP contribution is -2.52. The number of urea groups is 1. The molecule has 0 radical (unpaired) electrons. The van der Waals surface area contributed by atoms with Gasteiger partial charge in [-0.25, -0.2) is 9.18 Å². The molecule has 3 amide bonds. The number of carbonyl (C=O) groups excluding carboxylic acids is 2. The molecule has 0 spiro atoms. The maximum atomic E-state index is 12.8. The van der Waals surface area contributed by atoms with E-state index < -0.39 is 6.04 Å². The van der Waals surface area contributed by atoms with Crippen molar-refractivity contribution in [3.8, 4) is 0 Å². The smallest absolute Gasteiger partial charge is 0.319 e. The quantitative estimate of drug-likeness (QED) is 0.785. The Labute approximate surface area is 141 Å². The first-order valence-electron chi connectivity index (χ1n) is 8.24. The summed E-state index contributed by atoms with van der Waals surface area (Å²) < 4.78 is 12.8. The highest BCUT2D eigenvalue weighted by Crippen LogP contribution is 2.14. The zero-order valence-corrected chi connectivity index (χ0v) is 14.1. The second kappa shape index (κ2) is 8.10. The molecule has 4 N–H and O–H groups in total. The molecular formula is C17H25FN4O2. The minimum Gasteiger partial charge on any atom is -0.341 e. The first-order chi connectivity index (χ1) is 11.4. The van der Waals surface area contributed by atoms with Crippen LogP contribution in [0.15, 0.2) is 24.3 Å². The molecule has 0 aromatic heterocycles. The number of carbonyl (C=O) groups is 2. The van der Waals surface area contributed by atoms with E-state index in [0.717, 1.165) is 0 Å². The van der Waals surface area contributed by atoms with Crippen LogP contribution in [0.4, 0.5) is 14.9 Å². The van der Waals surface area contributed by atoms with E-state index in [9.17, 15) is 14.0 Å². The standard InChI is InChI=1S/C17H25FN4O2/c1-11(2)15(19)16(23)22-9-7-14(8-10-22)21-17(24)20-13-5-3-12(18)4-6-13/h3-6,11,14-15H,7-10,19H2,1-2H3,(H2,20,21,24)/t15-/m0/s1. The minimum atomic E-state index is -0.476. The summed E-state index contributed by atoms with van der Waals surface area (Å²) in [5, 5.41) is 5.55. The van der Waals surface area contributed by atoms with E-state index >= 15 is 0 Å². The Kier molecular flexibility index (Phi) is 6.14. The fourth-order valence-corrected chi connectivity index (χ4v) is 2.63. The van der Waals surface area contributed by atoms with Gasteiger partial charge < -0.3 is 21.3 Å². The summed E-state index contributed by atoms with van der Waals surface area (Å²) in [6, 6.07) is 4.79. The van der Waals surface area contributed by atoms with Crippen LogP contribution in [0.3, 0.4) is 0 Å². The summed E-state index contributed by atoms with van der Waals surface area (Å²) in [6.45, 7) is 5.02. The van der Waals surface area contributed by atoms with Gasteiger partial charge in [0.25, 0.3) is 0 Å². The summed E-state index contributed by atoms with van der Waals surface area (Å²) >= 11 is 0. The van der Waals surface area contributed by atoms with Crippen LogP contribution >= 0.6 is 0 Å². The van der Waals surface area contributed by atoms with Crippen molar-refractivity contribution in [1.82, 2.24) is 10.2 Å². The van der Waals surface area contributed by atoms with Crippen LogP contribution < -0.4 is 16.4 Å². The van der Waals surface area contributed by atoms with Gasteiger partial charge >= 0.3 is 6.03 Å². The van der Waals surface area contributed by atoms with Crippen molar-refractivity contribution < 1.29 is 14.0 Å². The van der Waals surface area contributed by atoms with Gasteiger partial charge in [0, 0.05) is 24.8 Å². The third-order valence-electron chi connectivity index (χ3n) is 4.25. The SMILES string of the molecule is CC(C)[C@H](N)C(=O)N1CCC(NC(=O)Nc2ccc(F)cc2)CC1. The van der Waals surface area contributed by atoms with Crippen molar-refractivity contribution in [3.05, 3.63) is 30.1 Å². The second-order valence-electron chi connectivity index (χ2n) is 6.47. The molecule has 1 aliphatic rings. The molecule has 6 nitrogen and oxygen atoms in total. The number of rotatable bonds is 4. The molecule has 0 aliphatic carbocycles. The predicted molar refractivity (Wildman–Crippen MR) is 91.0 cm³/mol. The number of nitrogens with two attached hydrogens (primary N) is 1. The number of hydrogen-bond acceptors (Lipinski definition) is 3. The summed E-state index contributed by atoms with van der Waals surface area (Å²) in [7, 11) is 0. The third kappa shape index (κ3) is 4.92. The van der Waals surface area contributed by atoms with Gasteiger partial charge in [-0.2, -0.15) is 0 Å². The molecule has 1 heterocycles. The lowest BCUT2D eigenvalue weighted by atomic mass is 10.0. The van der Waals surface area contributed by atoms with Crippen molar-refractivity contribution in [1.29, 1.82) is 0 Å². The van der Waals surface area contributed by atoms with E-state index in [1.807, 2.05) is 13.8 Å². The Hall–Kier alpha value is -2.15. The van der Waals surface area contributed by atoms with Gasteiger partial charge in [-0.05, 0) is 43.0 Å². The molecule has 0 bridgehead atoms. The summed E-state index contributed by atoms with van der Waals surface area (Å²) in [6.07, 6.45) is 1.38. The molecule has 0 saturated carbocycles. The number of nitrogens with one attached hydrogen (secondary N) is 2. The average molecular weight is 336 g/mol. The zero-order valence-electron chi connectivity index (χ0n) is 14.1. The molecule has 1 aromatic carbocycles. The number of halogens is 1. The fraction of sp³-hybridized carbons (Fsp3) is 0.529. The molecular weight excluding hydrogens is 311 g/mol. The lowest BCUT2D eigenvalue weighted by Gasteiger charge is -2.34.